The highest BCUT2D eigenvalue weighted by Gasteiger charge is 2.41. The summed E-state index contributed by atoms with van der Waals surface area (Å²) in [6.45, 7) is 0. The summed E-state index contributed by atoms with van der Waals surface area (Å²) in [5.41, 5.74) is -0.391. The van der Waals surface area contributed by atoms with Gasteiger partial charge in [0.1, 0.15) is 11.4 Å². The number of rotatable bonds is 4. The molecule has 1 saturated carbocycles. The Kier molecular flexibility index (Phi) is 3.57. The van der Waals surface area contributed by atoms with Crippen LogP contribution in [0.1, 0.15) is 25.7 Å². The first kappa shape index (κ1) is 12.2. The van der Waals surface area contributed by atoms with Crippen LogP contribution >= 0.6 is 11.6 Å². The molecule has 0 heterocycles. The lowest BCUT2D eigenvalue weighted by Crippen LogP contribution is -2.45. The number of esters is 1. The third-order valence-electron chi connectivity index (χ3n) is 3.09. The highest BCUT2D eigenvalue weighted by molar-refractivity contribution is 6.30. The summed E-state index contributed by atoms with van der Waals surface area (Å²) in [6.07, 6.45) is 3.15. The van der Waals surface area contributed by atoms with Gasteiger partial charge in [0.15, 0.2) is 0 Å². The van der Waals surface area contributed by atoms with Crippen LogP contribution in [-0.4, -0.2) is 18.7 Å². The highest BCUT2D eigenvalue weighted by atomic mass is 35.5. The zero-order chi connectivity index (χ0) is 12.3. The Hall–Kier alpha value is -1.22. The van der Waals surface area contributed by atoms with E-state index in [1.807, 2.05) is 12.1 Å². The predicted molar refractivity (Wildman–Crippen MR) is 65.3 cm³/mol. The third kappa shape index (κ3) is 2.91. The van der Waals surface area contributed by atoms with Crippen LogP contribution in [0.3, 0.4) is 0 Å². The summed E-state index contributed by atoms with van der Waals surface area (Å²) < 4.78 is 10.6. The molecule has 4 heteroatoms. The van der Waals surface area contributed by atoms with Crippen molar-refractivity contribution >= 4 is 17.6 Å². The van der Waals surface area contributed by atoms with E-state index in [4.69, 9.17) is 21.1 Å². The molecule has 0 spiro atoms. The molecule has 92 valence electrons. The van der Waals surface area contributed by atoms with Crippen molar-refractivity contribution < 1.29 is 14.3 Å². The predicted octanol–water partition coefficient (Wildman–Crippen LogP) is 3.20. The maximum atomic E-state index is 11.3. The third-order valence-corrected chi connectivity index (χ3v) is 3.32. The van der Waals surface area contributed by atoms with Crippen LogP contribution in [0, 0.1) is 0 Å². The quantitative estimate of drug-likeness (QED) is 0.774. The van der Waals surface area contributed by atoms with Crippen LogP contribution in [0.15, 0.2) is 24.3 Å². The van der Waals surface area contributed by atoms with Gasteiger partial charge in [0.25, 0.3) is 0 Å². The Morgan fingerprint density at radius 3 is 2.76 bits per heavy atom. The minimum atomic E-state index is -0.391. The fraction of sp³-hybridized carbons (Fsp3) is 0.462. The number of hydrogen-bond donors (Lipinski definition) is 0. The van der Waals surface area contributed by atoms with Gasteiger partial charge >= 0.3 is 5.97 Å². The Morgan fingerprint density at radius 1 is 1.47 bits per heavy atom. The zero-order valence-electron chi connectivity index (χ0n) is 9.74. The summed E-state index contributed by atoms with van der Waals surface area (Å²) >= 11 is 5.90. The summed E-state index contributed by atoms with van der Waals surface area (Å²) in [4.78, 5) is 11.3. The average Bonchev–Trinajstić information content (AvgIpc) is 2.26. The molecule has 0 aromatic heterocycles. The number of methoxy groups -OCH3 is 1. The monoisotopic (exact) mass is 254 g/mol. The van der Waals surface area contributed by atoms with Gasteiger partial charge in [-0.25, -0.2) is 0 Å². The van der Waals surface area contributed by atoms with E-state index in [9.17, 15) is 4.79 Å². The Morgan fingerprint density at radius 2 is 2.24 bits per heavy atom. The van der Waals surface area contributed by atoms with Crippen molar-refractivity contribution in [3.05, 3.63) is 29.3 Å². The molecule has 0 N–H and O–H groups in total. The second kappa shape index (κ2) is 4.96. The van der Waals surface area contributed by atoms with Crippen molar-refractivity contribution in [2.24, 2.45) is 0 Å². The number of halogens is 1. The van der Waals surface area contributed by atoms with Gasteiger partial charge in [0.05, 0.1) is 13.5 Å². The van der Waals surface area contributed by atoms with Gasteiger partial charge in [-0.05, 0) is 37.5 Å². The van der Waals surface area contributed by atoms with Crippen molar-refractivity contribution in [2.75, 3.05) is 7.11 Å². The number of carbonyl (C=O) groups excluding carboxylic acids is 1. The number of carbonyl (C=O) groups is 1. The second-order valence-corrected chi connectivity index (χ2v) is 4.79. The lowest BCUT2D eigenvalue weighted by Gasteiger charge is -2.41. The Balaban J connectivity index is 2.06. The van der Waals surface area contributed by atoms with Crippen LogP contribution in [0.2, 0.25) is 5.02 Å². The van der Waals surface area contributed by atoms with E-state index in [0.717, 1.165) is 19.3 Å². The minimum Gasteiger partial charge on any atom is -0.487 e. The molecule has 0 unspecified atom stereocenters. The van der Waals surface area contributed by atoms with Crippen LogP contribution in [0.5, 0.6) is 5.75 Å². The van der Waals surface area contributed by atoms with Gasteiger partial charge in [0.2, 0.25) is 0 Å². The second-order valence-electron chi connectivity index (χ2n) is 4.35. The first-order chi connectivity index (χ1) is 8.13. The molecule has 0 amide bonds. The molecule has 2 rings (SSSR count). The van der Waals surface area contributed by atoms with Crippen molar-refractivity contribution in [2.45, 2.75) is 31.3 Å². The molecule has 1 aromatic rings. The largest absolute Gasteiger partial charge is 0.487 e. The van der Waals surface area contributed by atoms with E-state index < -0.39 is 5.60 Å². The van der Waals surface area contributed by atoms with Gasteiger partial charge < -0.3 is 9.47 Å². The number of benzene rings is 1. The molecule has 1 aromatic carbocycles. The van der Waals surface area contributed by atoms with E-state index in [-0.39, 0.29) is 5.97 Å². The SMILES string of the molecule is COC(=O)CC1(Oc2cccc(Cl)c2)CCC1. The molecule has 0 saturated heterocycles. The van der Waals surface area contributed by atoms with E-state index in [1.165, 1.54) is 7.11 Å². The van der Waals surface area contributed by atoms with Crippen molar-refractivity contribution in [1.29, 1.82) is 0 Å². The van der Waals surface area contributed by atoms with E-state index in [1.54, 1.807) is 12.1 Å². The average molecular weight is 255 g/mol. The Labute approximate surface area is 106 Å². The molecular weight excluding hydrogens is 240 g/mol. The van der Waals surface area contributed by atoms with Crippen LogP contribution < -0.4 is 4.74 Å². The molecule has 1 fully saturated rings. The first-order valence-electron chi connectivity index (χ1n) is 5.65. The molecule has 0 aliphatic heterocycles. The summed E-state index contributed by atoms with van der Waals surface area (Å²) in [5, 5.41) is 0.634. The number of hydrogen-bond acceptors (Lipinski definition) is 3. The molecule has 0 bridgehead atoms. The maximum absolute atomic E-state index is 11.3. The molecule has 1 aliphatic carbocycles. The van der Waals surface area contributed by atoms with Crippen LogP contribution in [-0.2, 0) is 9.53 Å². The van der Waals surface area contributed by atoms with Gasteiger partial charge in [-0.15, -0.1) is 0 Å². The van der Waals surface area contributed by atoms with Crippen molar-refractivity contribution in [1.82, 2.24) is 0 Å². The molecular formula is C13H15ClO3. The molecule has 3 nitrogen and oxygen atoms in total. The van der Waals surface area contributed by atoms with E-state index in [2.05, 4.69) is 0 Å². The van der Waals surface area contributed by atoms with Gasteiger partial charge in [-0.1, -0.05) is 17.7 Å². The fourth-order valence-electron chi connectivity index (χ4n) is 2.00. The summed E-state index contributed by atoms with van der Waals surface area (Å²) in [5.74, 6) is 0.479. The fourth-order valence-corrected chi connectivity index (χ4v) is 2.18. The van der Waals surface area contributed by atoms with E-state index >= 15 is 0 Å². The normalized spacial score (nSPS) is 17.1. The number of ether oxygens (including phenoxy) is 2. The smallest absolute Gasteiger partial charge is 0.309 e. The van der Waals surface area contributed by atoms with Crippen molar-refractivity contribution in [3.8, 4) is 5.75 Å². The topological polar surface area (TPSA) is 35.5 Å². The lowest BCUT2D eigenvalue weighted by atomic mass is 9.77. The molecule has 0 radical (unpaired) electrons. The first-order valence-corrected chi connectivity index (χ1v) is 6.03. The minimum absolute atomic E-state index is 0.230. The summed E-state index contributed by atoms with van der Waals surface area (Å²) in [7, 11) is 1.40. The van der Waals surface area contributed by atoms with Crippen LogP contribution in [0.4, 0.5) is 0 Å². The standard InChI is InChI=1S/C13H15ClO3/c1-16-12(15)9-13(6-3-7-13)17-11-5-2-4-10(14)8-11/h2,4-5,8H,3,6-7,9H2,1H3. The van der Waals surface area contributed by atoms with Gasteiger partial charge in [0, 0.05) is 5.02 Å². The molecule has 17 heavy (non-hydrogen) atoms. The summed E-state index contributed by atoms with van der Waals surface area (Å²) in [6, 6.07) is 7.24. The van der Waals surface area contributed by atoms with Crippen LogP contribution in [0.25, 0.3) is 0 Å². The lowest BCUT2D eigenvalue weighted by molar-refractivity contribution is -0.148. The Bertz CT molecular complexity index is 413. The van der Waals surface area contributed by atoms with Gasteiger partial charge in [-0.3, -0.25) is 4.79 Å². The molecule has 1 aliphatic rings. The van der Waals surface area contributed by atoms with Gasteiger partial charge in [-0.2, -0.15) is 0 Å². The van der Waals surface area contributed by atoms with E-state index in [0.29, 0.717) is 17.2 Å². The zero-order valence-corrected chi connectivity index (χ0v) is 10.5. The maximum Gasteiger partial charge on any atom is 0.309 e. The van der Waals surface area contributed by atoms with Crippen molar-refractivity contribution in [3.63, 3.8) is 0 Å². The molecule has 0 atom stereocenters. The highest BCUT2D eigenvalue weighted by Crippen LogP contribution is 2.40.